The molecule has 0 unspecified atom stereocenters. The Kier molecular flexibility index (Phi) is 5.42. The monoisotopic (exact) mass is 330 g/mol. The van der Waals surface area contributed by atoms with Crippen LogP contribution in [0.25, 0.3) is 6.08 Å². The Labute approximate surface area is 138 Å². The summed E-state index contributed by atoms with van der Waals surface area (Å²) in [7, 11) is 3.33. The van der Waals surface area contributed by atoms with Crippen LogP contribution in [0.2, 0.25) is 0 Å². The molecule has 0 bridgehead atoms. The number of benzene rings is 2. The third-order valence-corrected chi connectivity index (χ3v) is 3.18. The minimum absolute atomic E-state index is 0.110. The molecule has 0 spiro atoms. The van der Waals surface area contributed by atoms with Crippen LogP contribution in [0.4, 0.5) is 14.5 Å². The second-order valence-corrected chi connectivity index (χ2v) is 5.27. The summed E-state index contributed by atoms with van der Waals surface area (Å²) in [6.45, 7) is 0. The average Bonchev–Trinajstić information content (AvgIpc) is 2.56. The summed E-state index contributed by atoms with van der Waals surface area (Å²) in [6, 6.07) is 9.85. The molecular weight excluding hydrogens is 314 g/mol. The first-order valence-electron chi connectivity index (χ1n) is 7.12. The van der Waals surface area contributed by atoms with Crippen molar-refractivity contribution < 1.29 is 18.4 Å². The van der Waals surface area contributed by atoms with Crippen molar-refractivity contribution in [2.45, 2.75) is 0 Å². The highest BCUT2D eigenvalue weighted by molar-refractivity contribution is 6.02. The maximum Gasteiger partial charge on any atom is 0.253 e. The lowest BCUT2D eigenvalue weighted by Gasteiger charge is -2.09. The van der Waals surface area contributed by atoms with Gasteiger partial charge < -0.3 is 10.2 Å². The highest BCUT2D eigenvalue weighted by Gasteiger charge is 2.07. The molecule has 0 radical (unpaired) electrons. The van der Waals surface area contributed by atoms with E-state index in [0.717, 1.165) is 17.7 Å². The molecule has 0 saturated heterocycles. The molecule has 2 rings (SSSR count). The van der Waals surface area contributed by atoms with Crippen LogP contribution in [0, 0.1) is 11.6 Å². The SMILES string of the molecule is CN(C)C(=O)c1ccc(/C=C/C(=O)Nc2ccc(F)c(F)c2)cc1. The van der Waals surface area contributed by atoms with Crippen LogP contribution in [0.1, 0.15) is 15.9 Å². The number of anilines is 1. The first-order valence-corrected chi connectivity index (χ1v) is 7.12. The van der Waals surface area contributed by atoms with Crippen LogP contribution >= 0.6 is 0 Å². The normalized spacial score (nSPS) is 10.7. The van der Waals surface area contributed by atoms with Gasteiger partial charge in [-0.05, 0) is 35.9 Å². The van der Waals surface area contributed by atoms with Crippen LogP contribution in [-0.2, 0) is 4.79 Å². The summed E-state index contributed by atoms with van der Waals surface area (Å²) in [5.41, 5.74) is 1.43. The Hall–Kier alpha value is -3.02. The van der Waals surface area contributed by atoms with Crippen molar-refractivity contribution in [3.63, 3.8) is 0 Å². The van der Waals surface area contributed by atoms with E-state index in [1.807, 2.05) is 0 Å². The smallest absolute Gasteiger partial charge is 0.253 e. The Morgan fingerprint density at radius 2 is 1.67 bits per heavy atom. The molecule has 0 atom stereocenters. The molecule has 6 heteroatoms. The molecule has 0 heterocycles. The van der Waals surface area contributed by atoms with Crippen LogP contribution in [0.5, 0.6) is 0 Å². The van der Waals surface area contributed by atoms with Gasteiger partial charge >= 0.3 is 0 Å². The zero-order chi connectivity index (χ0) is 17.7. The van der Waals surface area contributed by atoms with E-state index in [0.29, 0.717) is 5.56 Å². The molecule has 0 saturated carbocycles. The minimum atomic E-state index is -1.03. The Bertz CT molecular complexity index is 784. The largest absolute Gasteiger partial charge is 0.345 e. The molecule has 2 aromatic rings. The Morgan fingerprint density at radius 1 is 1.00 bits per heavy atom. The molecule has 0 aliphatic rings. The Balaban J connectivity index is 2.00. The van der Waals surface area contributed by atoms with E-state index in [9.17, 15) is 18.4 Å². The van der Waals surface area contributed by atoms with E-state index in [1.165, 1.54) is 17.0 Å². The summed E-state index contributed by atoms with van der Waals surface area (Å²) in [5.74, 6) is -2.59. The van der Waals surface area contributed by atoms with E-state index in [-0.39, 0.29) is 11.6 Å². The van der Waals surface area contributed by atoms with Gasteiger partial charge in [-0.15, -0.1) is 0 Å². The summed E-state index contributed by atoms with van der Waals surface area (Å²) in [4.78, 5) is 25.0. The van der Waals surface area contributed by atoms with Crippen LogP contribution in [0.3, 0.4) is 0 Å². The third-order valence-electron chi connectivity index (χ3n) is 3.18. The first kappa shape index (κ1) is 17.3. The van der Waals surface area contributed by atoms with Gasteiger partial charge in [0.05, 0.1) is 0 Å². The fourth-order valence-corrected chi connectivity index (χ4v) is 1.92. The number of halogens is 2. The van der Waals surface area contributed by atoms with Gasteiger partial charge in [-0.3, -0.25) is 9.59 Å². The fourth-order valence-electron chi connectivity index (χ4n) is 1.92. The van der Waals surface area contributed by atoms with Crippen molar-refractivity contribution in [2.24, 2.45) is 0 Å². The number of hydrogen-bond donors (Lipinski definition) is 1. The van der Waals surface area contributed by atoms with Crippen molar-refractivity contribution in [3.05, 3.63) is 71.3 Å². The molecule has 0 fully saturated rings. The third kappa shape index (κ3) is 4.49. The predicted octanol–water partition coefficient (Wildman–Crippen LogP) is 3.32. The predicted molar refractivity (Wildman–Crippen MR) is 88.5 cm³/mol. The van der Waals surface area contributed by atoms with Crippen LogP contribution in [0.15, 0.2) is 48.5 Å². The van der Waals surface area contributed by atoms with Crippen molar-refractivity contribution in [2.75, 3.05) is 19.4 Å². The van der Waals surface area contributed by atoms with Gasteiger partial charge in [0.1, 0.15) is 0 Å². The zero-order valence-corrected chi connectivity index (χ0v) is 13.2. The van der Waals surface area contributed by atoms with Gasteiger partial charge in [0.2, 0.25) is 5.91 Å². The molecular formula is C18H16F2N2O2. The second-order valence-electron chi connectivity index (χ2n) is 5.27. The highest BCUT2D eigenvalue weighted by Crippen LogP contribution is 2.13. The maximum absolute atomic E-state index is 13.1. The lowest BCUT2D eigenvalue weighted by Crippen LogP contribution is -2.21. The topological polar surface area (TPSA) is 49.4 Å². The maximum atomic E-state index is 13.1. The molecule has 0 aromatic heterocycles. The number of nitrogens with one attached hydrogen (secondary N) is 1. The molecule has 24 heavy (non-hydrogen) atoms. The standard InChI is InChI=1S/C18H16F2N2O2/c1-22(2)18(24)13-6-3-12(4-7-13)5-10-17(23)21-14-8-9-15(19)16(20)11-14/h3-11H,1-2H3,(H,21,23)/b10-5+. The number of carbonyl (C=O) groups is 2. The van der Waals surface area contributed by atoms with Gasteiger partial charge in [0.25, 0.3) is 5.91 Å². The van der Waals surface area contributed by atoms with Crippen molar-refractivity contribution in [1.29, 1.82) is 0 Å². The first-order chi connectivity index (χ1) is 11.4. The van der Waals surface area contributed by atoms with E-state index in [2.05, 4.69) is 5.32 Å². The minimum Gasteiger partial charge on any atom is -0.345 e. The van der Waals surface area contributed by atoms with Gasteiger partial charge in [0, 0.05) is 37.5 Å². The molecule has 2 amide bonds. The van der Waals surface area contributed by atoms with Crippen molar-refractivity contribution in [3.8, 4) is 0 Å². The number of nitrogens with zero attached hydrogens (tertiary/aromatic N) is 1. The lowest BCUT2D eigenvalue weighted by molar-refractivity contribution is -0.111. The molecule has 0 aliphatic carbocycles. The van der Waals surface area contributed by atoms with E-state index < -0.39 is 17.5 Å². The average molecular weight is 330 g/mol. The van der Waals surface area contributed by atoms with Gasteiger partial charge in [-0.1, -0.05) is 12.1 Å². The Morgan fingerprint density at radius 3 is 2.25 bits per heavy atom. The van der Waals surface area contributed by atoms with Crippen LogP contribution in [-0.4, -0.2) is 30.8 Å². The highest BCUT2D eigenvalue weighted by atomic mass is 19.2. The van der Waals surface area contributed by atoms with E-state index >= 15 is 0 Å². The molecule has 4 nitrogen and oxygen atoms in total. The number of hydrogen-bond acceptors (Lipinski definition) is 2. The number of rotatable bonds is 4. The quantitative estimate of drug-likeness (QED) is 0.874. The fraction of sp³-hybridized carbons (Fsp3) is 0.111. The summed E-state index contributed by atoms with van der Waals surface area (Å²) in [6.07, 6.45) is 2.82. The molecule has 2 aromatic carbocycles. The summed E-state index contributed by atoms with van der Waals surface area (Å²) in [5, 5.41) is 2.43. The van der Waals surface area contributed by atoms with Crippen molar-refractivity contribution in [1.82, 2.24) is 4.90 Å². The van der Waals surface area contributed by atoms with Gasteiger partial charge in [0.15, 0.2) is 11.6 Å². The van der Waals surface area contributed by atoms with Crippen molar-refractivity contribution >= 4 is 23.6 Å². The van der Waals surface area contributed by atoms with Crippen LogP contribution < -0.4 is 5.32 Å². The number of carbonyl (C=O) groups excluding carboxylic acids is 2. The summed E-state index contributed by atoms with van der Waals surface area (Å²) >= 11 is 0. The number of amides is 2. The van der Waals surface area contributed by atoms with E-state index in [4.69, 9.17) is 0 Å². The zero-order valence-electron chi connectivity index (χ0n) is 13.2. The lowest BCUT2D eigenvalue weighted by atomic mass is 10.1. The molecule has 124 valence electrons. The van der Waals surface area contributed by atoms with Gasteiger partial charge in [-0.25, -0.2) is 8.78 Å². The van der Waals surface area contributed by atoms with E-state index in [1.54, 1.807) is 44.4 Å². The molecule has 0 aliphatic heterocycles. The second kappa shape index (κ2) is 7.50. The molecule has 1 N–H and O–H groups in total. The van der Waals surface area contributed by atoms with Gasteiger partial charge in [-0.2, -0.15) is 0 Å². The summed E-state index contributed by atoms with van der Waals surface area (Å²) < 4.78 is 25.9.